The monoisotopic (exact) mass is 288 g/mol. The molecule has 4 nitrogen and oxygen atoms in total. The van der Waals surface area contributed by atoms with Crippen LogP contribution in [-0.2, 0) is 11.2 Å². The third kappa shape index (κ3) is 3.11. The SMILES string of the molecule is O=C(NCC1CNCC1O)C1(Cc2ccccc2)CCC1. The molecule has 3 N–H and O–H groups in total. The van der Waals surface area contributed by atoms with E-state index in [9.17, 15) is 9.90 Å². The first-order chi connectivity index (χ1) is 10.2. The molecule has 1 aromatic carbocycles. The van der Waals surface area contributed by atoms with E-state index in [0.29, 0.717) is 13.1 Å². The quantitative estimate of drug-likeness (QED) is 0.760. The number of carbonyl (C=O) groups is 1. The predicted octanol–water partition coefficient (Wildman–Crippen LogP) is 1.10. The van der Waals surface area contributed by atoms with Gasteiger partial charge in [-0.05, 0) is 24.8 Å². The average molecular weight is 288 g/mol. The molecule has 2 aliphatic rings. The molecule has 3 rings (SSSR count). The highest BCUT2D eigenvalue weighted by atomic mass is 16.3. The molecule has 0 bridgehead atoms. The van der Waals surface area contributed by atoms with Gasteiger partial charge in [0, 0.05) is 25.6 Å². The van der Waals surface area contributed by atoms with Gasteiger partial charge in [0.25, 0.3) is 0 Å². The smallest absolute Gasteiger partial charge is 0.226 e. The minimum atomic E-state index is -0.336. The van der Waals surface area contributed by atoms with Gasteiger partial charge >= 0.3 is 0 Å². The molecule has 2 fully saturated rings. The van der Waals surface area contributed by atoms with E-state index in [2.05, 4.69) is 22.8 Å². The summed E-state index contributed by atoms with van der Waals surface area (Å²) >= 11 is 0. The van der Waals surface area contributed by atoms with E-state index in [1.54, 1.807) is 0 Å². The fraction of sp³-hybridized carbons (Fsp3) is 0.588. The van der Waals surface area contributed by atoms with E-state index < -0.39 is 0 Å². The van der Waals surface area contributed by atoms with E-state index in [0.717, 1.165) is 32.2 Å². The van der Waals surface area contributed by atoms with Crippen LogP contribution in [0.4, 0.5) is 0 Å². The van der Waals surface area contributed by atoms with E-state index in [1.165, 1.54) is 5.56 Å². The second-order valence-corrected chi connectivity index (χ2v) is 6.49. The molecule has 0 spiro atoms. The molecule has 2 atom stereocenters. The van der Waals surface area contributed by atoms with Gasteiger partial charge in [0.15, 0.2) is 0 Å². The zero-order valence-corrected chi connectivity index (χ0v) is 12.3. The first-order valence-electron chi connectivity index (χ1n) is 7.91. The fourth-order valence-corrected chi connectivity index (χ4v) is 3.41. The number of aliphatic hydroxyl groups excluding tert-OH is 1. The van der Waals surface area contributed by atoms with Gasteiger partial charge in [-0.3, -0.25) is 4.79 Å². The summed E-state index contributed by atoms with van der Waals surface area (Å²) in [6.45, 7) is 1.99. The maximum absolute atomic E-state index is 12.6. The molecule has 2 unspecified atom stereocenters. The maximum Gasteiger partial charge on any atom is 0.226 e. The number of aliphatic hydroxyl groups is 1. The van der Waals surface area contributed by atoms with Gasteiger partial charge in [0.05, 0.1) is 11.5 Å². The van der Waals surface area contributed by atoms with Gasteiger partial charge in [-0.2, -0.15) is 0 Å². The molecule has 1 aromatic rings. The van der Waals surface area contributed by atoms with Crippen molar-refractivity contribution in [3.05, 3.63) is 35.9 Å². The van der Waals surface area contributed by atoms with E-state index in [1.807, 2.05) is 18.2 Å². The van der Waals surface area contributed by atoms with Crippen LogP contribution in [0.2, 0.25) is 0 Å². The highest BCUT2D eigenvalue weighted by Crippen LogP contribution is 2.44. The molecule has 1 aliphatic carbocycles. The topological polar surface area (TPSA) is 61.4 Å². The predicted molar refractivity (Wildman–Crippen MR) is 81.8 cm³/mol. The van der Waals surface area contributed by atoms with Crippen molar-refractivity contribution in [2.45, 2.75) is 31.8 Å². The van der Waals surface area contributed by atoms with E-state index >= 15 is 0 Å². The number of hydrogen-bond acceptors (Lipinski definition) is 3. The molecule has 0 aromatic heterocycles. The van der Waals surface area contributed by atoms with Gasteiger partial charge < -0.3 is 15.7 Å². The Morgan fingerprint density at radius 2 is 2.05 bits per heavy atom. The lowest BCUT2D eigenvalue weighted by atomic mass is 9.64. The van der Waals surface area contributed by atoms with Crippen molar-refractivity contribution in [1.82, 2.24) is 10.6 Å². The van der Waals surface area contributed by atoms with Crippen molar-refractivity contribution < 1.29 is 9.90 Å². The molecule has 4 heteroatoms. The second kappa shape index (κ2) is 6.16. The number of hydrogen-bond donors (Lipinski definition) is 3. The number of rotatable bonds is 5. The van der Waals surface area contributed by atoms with Crippen molar-refractivity contribution >= 4 is 5.91 Å². The first-order valence-corrected chi connectivity index (χ1v) is 7.91. The summed E-state index contributed by atoms with van der Waals surface area (Å²) in [6.07, 6.45) is 3.56. The van der Waals surface area contributed by atoms with Crippen LogP contribution < -0.4 is 10.6 Å². The summed E-state index contributed by atoms with van der Waals surface area (Å²) in [6, 6.07) is 10.3. The normalized spacial score (nSPS) is 27.1. The van der Waals surface area contributed by atoms with Crippen LogP contribution in [0.15, 0.2) is 30.3 Å². The van der Waals surface area contributed by atoms with Gasteiger partial charge in [-0.1, -0.05) is 36.8 Å². The highest BCUT2D eigenvalue weighted by Gasteiger charge is 2.44. The average Bonchev–Trinajstić information content (AvgIpc) is 2.87. The van der Waals surface area contributed by atoms with Crippen LogP contribution in [0.25, 0.3) is 0 Å². The zero-order valence-electron chi connectivity index (χ0n) is 12.3. The summed E-state index contributed by atoms with van der Waals surface area (Å²) in [7, 11) is 0. The van der Waals surface area contributed by atoms with Gasteiger partial charge in [0.1, 0.15) is 0 Å². The van der Waals surface area contributed by atoms with E-state index in [4.69, 9.17) is 0 Å². The molecule has 1 aliphatic heterocycles. The number of β-amino-alcohol motifs (C(OH)–C–C–N with tert-alkyl or cyclic N) is 1. The molecule has 1 saturated carbocycles. The standard InChI is InChI=1S/C17H24N2O2/c20-15-12-18-10-14(15)11-19-16(21)17(7-4-8-17)9-13-5-2-1-3-6-13/h1-3,5-6,14-15,18,20H,4,7-12H2,(H,19,21). The molecule has 114 valence electrons. The van der Waals surface area contributed by atoms with Crippen molar-refractivity contribution in [3.63, 3.8) is 0 Å². The van der Waals surface area contributed by atoms with Crippen molar-refractivity contribution in [2.75, 3.05) is 19.6 Å². The summed E-state index contributed by atoms with van der Waals surface area (Å²) in [5.41, 5.74) is 1.01. The lowest BCUT2D eigenvalue weighted by molar-refractivity contribution is -0.136. The van der Waals surface area contributed by atoms with Gasteiger partial charge in [-0.15, -0.1) is 0 Å². The number of nitrogens with one attached hydrogen (secondary N) is 2. The van der Waals surface area contributed by atoms with Gasteiger partial charge in [-0.25, -0.2) is 0 Å². The molecule has 0 radical (unpaired) electrons. The number of amides is 1. The molecular weight excluding hydrogens is 264 g/mol. The number of carbonyl (C=O) groups excluding carboxylic acids is 1. The summed E-state index contributed by atoms with van der Waals surface area (Å²) in [5, 5.41) is 16.0. The third-order valence-electron chi connectivity index (χ3n) is 5.01. The van der Waals surface area contributed by atoms with Crippen LogP contribution in [0.1, 0.15) is 24.8 Å². The Morgan fingerprint density at radius 3 is 2.62 bits per heavy atom. The van der Waals surface area contributed by atoms with E-state index in [-0.39, 0.29) is 23.3 Å². The maximum atomic E-state index is 12.6. The number of benzene rings is 1. The lowest BCUT2D eigenvalue weighted by Gasteiger charge is -2.40. The van der Waals surface area contributed by atoms with Crippen LogP contribution in [0, 0.1) is 11.3 Å². The molecular formula is C17H24N2O2. The van der Waals surface area contributed by atoms with Crippen LogP contribution in [0.3, 0.4) is 0 Å². The van der Waals surface area contributed by atoms with Crippen LogP contribution >= 0.6 is 0 Å². The third-order valence-corrected chi connectivity index (χ3v) is 5.01. The zero-order chi connectivity index (χ0) is 14.7. The highest BCUT2D eigenvalue weighted by molar-refractivity contribution is 5.83. The Morgan fingerprint density at radius 1 is 1.29 bits per heavy atom. The summed E-state index contributed by atoms with van der Waals surface area (Å²) in [4.78, 5) is 12.6. The second-order valence-electron chi connectivity index (χ2n) is 6.49. The van der Waals surface area contributed by atoms with Crippen molar-refractivity contribution in [3.8, 4) is 0 Å². The minimum absolute atomic E-state index is 0.141. The van der Waals surface area contributed by atoms with Crippen molar-refractivity contribution in [2.24, 2.45) is 11.3 Å². The molecule has 1 amide bonds. The molecule has 1 heterocycles. The molecule has 1 saturated heterocycles. The Hall–Kier alpha value is -1.39. The first kappa shape index (κ1) is 14.5. The van der Waals surface area contributed by atoms with Gasteiger partial charge in [0.2, 0.25) is 5.91 Å². The van der Waals surface area contributed by atoms with Crippen molar-refractivity contribution in [1.29, 1.82) is 0 Å². The Kier molecular flexibility index (Phi) is 4.27. The fourth-order valence-electron chi connectivity index (χ4n) is 3.41. The lowest BCUT2D eigenvalue weighted by Crippen LogP contribution is -2.49. The Balaban J connectivity index is 1.58. The molecule has 21 heavy (non-hydrogen) atoms. The minimum Gasteiger partial charge on any atom is -0.391 e. The summed E-state index contributed by atoms with van der Waals surface area (Å²) in [5.74, 6) is 0.305. The largest absolute Gasteiger partial charge is 0.391 e. The Bertz CT molecular complexity index is 485. The van der Waals surface area contributed by atoms with Crippen LogP contribution in [0.5, 0.6) is 0 Å². The summed E-state index contributed by atoms with van der Waals surface area (Å²) < 4.78 is 0. The Labute approximate surface area is 125 Å². The van der Waals surface area contributed by atoms with Crippen LogP contribution in [-0.4, -0.2) is 36.8 Å².